The maximum absolute atomic E-state index is 12.1. The Morgan fingerprint density at radius 2 is 2.12 bits per heavy atom. The molecule has 0 aromatic heterocycles. The molecule has 1 amide bonds. The molecule has 0 saturated carbocycles. The number of hydrogen-bond acceptors (Lipinski definition) is 2. The summed E-state index contributed by atoms with van der Waals surface area (Å²) in [4.78, 5) is 18.6. The number of nitrogens with zero attached hydrogens (tertiary/aromatic N) is 2. The number of nitrogens with one attached hydrogen (secondary N) is 2. The molecule has 1 aromatic carbocycles. The third-order valence-corrected chi connectivity index (χ3v) is 4.54. The largest absolute Gasteiger partial charge is 0.356 e. The van der Waals surface area contributed by atoms with Gasteiger partial charge in [0, 0.05) is 33.1 Å². The monoisotopic (exact) mass is 478 g/mol. The lowest BCUT2D eigenvalue weighted by molar-refractivity contribution is -0.116. The van der Waals surface area contributed by atoms with E-state index >= 15 is 0 Å². The molecule has 1 aromatic rings. The molecule has 140 valence electrons. The Bertz CT molecular complexity index is 634. The van der Waals surface area contributed by atoms with Crippen LogP contribution in [0.3, 0.4) is 0 Å². The summed E-state index contributed by atoms with van der Waals surface area (Å²) in [5.74, 6) is 0.798. The highest BCUT2D eigenvalue weighted by atomic mass is 127. The van der Waals surface area contributed by atoms with Crippen molar-refractivity contribution in [2.45, 2.75) is 33.6 Å². The Morgan fingerprint density at radius 3 is 2.68 bits per heavy atom. The van der Waals surface area contributed by atoms with Crippen molar-refractivity contribution in [1.82, 2.24) is 10.2 Å². The van der Waals surface area contributed by atoms with Crippen LogP contribution in [0.1, 0.15) is 32.3 Å². The van der Waals surface area contributed by atoms with Gasteiger partial charge in [-0.15, -0.1) is 24.0 Å². The van der Waals surface area contributed by atoms with Crippen LogP contribution in [0, 0.1) is 12.3 Å². The zero-order valence-corrected chi connectivity index (χ0v) is 18.4. The van der Waals surface area contributed by atoms with Gasteiger partial charge in [-0.05, 0) is 36.5 Å². The number of anilines is 1. The molecule has 7 heteroatoms. The second kappa shape index (κ2) is 9.62. The summed E-state index contributed by atoms with van der Waals surface area (Å²) in [6, 6.07) is 5.59. The van der Waals surface area contributed by atoms with Gasteiger partial charge in [0.05, 0.1) is 10.7 Å². The molecule has 0 bridgehead atoms. The first-order valence-electron chi connectivity index (χ1n) is 8.32. The van der Waals surface area contributed by atoms with Gasteiger partial charge in [0.1, 0.15) is 0 Å². The van der Waals surface area contributed by atoms with E-state index in [1.165, 1.54) is 0 Å². The number of amides is 1. The molecule has 0 spiro atoms. The third kappa shape index (κ3) is 6.66. The summed E-state index contributed by atoms with van der Waals surface area (Å²) in [6.45, 7) is 9.01. The van der Waals surface area contributed by atoms with Crippen LogP contribution >= 0.6 is 35.6 Å². The lowest BCUT2D eigenvalue weighted by Gasteiger charge is -2.23. The van der Waals surface area contributed by atoms with E-state index in [0.29, 0.717) is 29.1 Å². The van der Waals surface area contributed by atoms with E-state index in [1.54, 1.807) is 7.05 Å². The van der Waals surface area contributed by atoms with Gasteiger partial charge in [-0.3, -0.25) is 9.79 Å². The van der Waals surface area contributed by atoms with Gasteiger partial charge in [-0.25, -0.2) is 0 Å². The van der Waals surface area contributed by atoms with E-state index in [-0.39, 0.29) is 29.9 Å². The van der Waals surface area contributed by atoms with Crippen molar-refractivity contribution in [3.05, 3.63) is 28.8 Å². The zero-order valence-electron chi connectivity index (χ0n) is 15.4. The summed E-state index contributed by atoms with van der Waals surface area (Å²) >= 11 is 6.14. The third-order valence-electron chi connectivity index (χ3n) is 4.22. The highest BCUT2D eigenvalue weighted by Gasteiger charge is 2.30. The molecule has 25 heavy (non-hydrogen) atoms. The summed E-state index contributed by atoms with van der Waals surface area (Å²) in [5, 5.41) is 6.68. The SMILES string of the molecule is CN=C(NCCC(=O)Nc1ccc(C)cc1Cl)N1CCC(C)(C)C1.I. The van der Waals surface area contributed by atoms with Crippen molar-refractivity contribution in [3.8, 4) is 0 Å². The minimum Gasteiger partial charge on any atom is -0.356 e. The van der Waals surface area contributed by atoms with Crippen LogP contribution in [-0.2, 0) is 4.79 Å². The van der Waals surface area contributed by atoms with Crippen molar-refractivity contribution in [2.75, 3.05) is 32.0 Å². The molecular formula is C18H28ClIN4O. The van der Waals surface area contributed by atoms with Gasteiger partial charge in [-0.2, -0.15) is 0 Å². The molecule has 0 unspecified atom stereocenters. The van der Waals surface area contributed by atoms with Gasteiger partial charge in [-0.1, -0.05) is 31.5 Å². The second-order valence-electron chi connectivity index (χ2n) is 7.09. The molecule has 1 saturated heterocycles. The van der Waals surface area contributed by atoms with Crippen LogP contribution in [0.5, 0.6) is 0 Å². The van der Waals surface area contributed by atoms with Crippen LogP contribution in [-0.4, -0.2) is 43.4 Å². The fourth-order valence-electron chi connectivity index (χ4n) is 2.85. The van der Waals surface area contributed by atoms with E-state index in [1.807, 2.05) is 25.1 Å². The van der Waals surface area contributed by atoms with Crippen LogP contribution in [0.2, 0.25) is 5.02 Å². The quantitative estimate of drug-likeness (QED) is 0.392. The average Bonchev–Trinajstić information content (AvgIpc) is 2.86. The van der Waals surface area contributed by atoms with Gasteiger partial charge in [0.2, 0.25) is 5.91 Å². The first-order chi connectivity index (χ1) is 11.3. The van der Waals surface area contributed by atoms with Crippen molar-refractivity contribution < 1.29 is 4.79 Å². The first kappa shape index (κ1) is 22.0. The number of benzene rings is 1. The molecule has 5 nitrogen and oxygen atoms in total. The van der Waals surface area contributed by atoms with E-state index in [2.05, 4.69) is 34.4 Å². The summed E-state index contributed by atoms with van der Waals surface area (Å²) in [5.41, 5.74) is 2.03. The summed E-state index contributed by atoms with van der Waals surface area (Å²) in [7, 11) is 1.78. The van der Waals surface area contributed by atoms with Crippen LogP contribution in [0.4, 0.5) is 5.69 Å². The zero-order chi connectivity index (χ0) is 17.7. The molecule has 0 aliphatic carbocycles. The second-order valence-corrected chi connectivity index (χ2v) is 7.50. The number of rotatable bonds is 4. The maximum Gasteiger partial charge on any atom is 0.226 e. The Morgan fingerprint density at radius 1 is 1.40 bits per heavy atom. The fourth-order valence-corrected chi connectivity index (χ4v) is 3.13. The molecule has 2 N–H and O–H groups in total. The Hall–Kier alpha value is -1.02. The van der Waals surface area contributed by atoms with Gasteiger partial charge < -0.3 is 15.5 Å². The minimum absolute atomic E-state index is 0. The fraction of sp³-hybridized carbons (Fsp3) is 0.556. The number of carbonyl (C=O) groups excluding carboxylic acids is 1. The molecule has 1 fully saturated rings. The lowest BCUT2D eigenvalue weighted by atomic mass is 9.93. The number of likely N-dealkylation sites (tertiary alicyclic amines) is 1. The molecule has 1 aliphatic heterocycles. The standard InChI is InChI=1S/C18H27ClN4O.HI/c1-13-5-6-15(14(19)11-13)22-16(24)7-9-21-17(20-4)23-10-8-18(2,3)12-23;/h5-6,11H,7-10,12H2,1-4H3,(H,20,21)(H,22,24);1H. The van der Waals surface area contributed by atoms with Crippen molar-refractivity contribution in [2.24, 2.45) is 10.4 Å². The van der Waals surface area contributed by atoms with Gasteiger partial charge in [0.25, 0.3) is 0 Å². The maximum atomic E-state index is 12.1. The molecule has 2 rings (SSSR count). The van der Waals surface area contributed by atoms with Crippen molar-refractivity contribution in [1.29, 1.82) is 0 Å². The first-order valence-corrected chi connectivity index (χ1v) is 8.70. The molecule has 0 radical (unpaired) electrons. The Labute approximate surface area is 172 Å². The topological polar surface area (TPSA) is 56.7 Å². The number of aryl methyl sites for hydroxylation is 1. The Balaban J connectivity index is 0.00000312. The van der Waals surface area contributed by atoms with E-state index in [9.17, 15) is 4.79 Å². The summed E-state index contributed by atoms with van der Waals surface area (Å²) in [6.07, 6.45) is 1.51. The van der Waals surface area contributed by atoms with Crippen LogP contribution in [0.15, 0.2) is 23.2 Å². The number of guanidine groups is 1. The molecule has 1 heterocycles. The molecular weight excluding hydrogens is 451 g/mol. The highest BCUT2D eigenvalue weighted by Crippen LogP contribution is 2.28. The normalized spacial score (nSPS) is 16.4. The van der Waals surface area contributed by atoms with Crippen LogP contribution in [0.25, 0.3) is 0 Å². The van der Waals surface area contributed by atoms with Crippen molar-refractivity contribution in [3.63, 3.8) is 0 Å². The number of carbonyl (C=O) groups is 1. The predicted molar refractivity (Wildman–Crippen MR) is 116 cm³/mol. The smallest absolute Gasteiger partial charge is 0.226 e. The van der Waals surface area contributed by atoms with Gasteiger partial charge in [0.15, 0.2) is 5.96 Å². The van der Waals surface area contributed by atoms with E-state index < -0.39 is 0 Å². The minimum atomic E-state index is -0.0644. The molecule has 1 aliphatic rings. The number of hydrogen-bond donors (Lipinski definition) is 2. The number of halogens is 2. The number of aliphatic imine (C=N–C) groups is 1. The van der Waals surface area contributed by atoms with Crippen molar-refractivity contribution >= 4 is 53.1 Å². The molecule has 0 atom stereocenters. The lowest BCUT2D eigenvalue weighted by Crippen LogP contribution is -2.41. The highest BCUT2D eigenvalue weighted by molar-refractivity contribution is 14.0. The van der Waals surface area contributed by atoms with E-state index in [0.717, 1.165) is 31.0 Å². The average molecular weight is 479 g/mol. The van der Waals surface area contributed by atoms with Gasteiger partial charge >= 0.3 is 0 Å². The Kier molecular flexibility index (Phi) is 8.47. The van der Waals surface area contributed by atoms with E-state index in [4.69, 9.17) is 11.6 Å². The predicted octanol–water partition coefficient (Wildman–Crippen LogP) is 3.90. The van der Waals surface area contributed by atoms with Crippen LogP contribution < -0.4 is 10.6 Å². The summed E-state index contributed by atoms with van der Waals surface area (Å²) < 4.78 is 0.